The highest BCUT2D eigenvalue weighted by Crippen LogP contribution is 2.08. The first-order chi connectivity index (χ1) is 7.26. The third-order valence-electron chi connectivity index (χ3n) is 2.01. The van der Waals surface area contributed by atoms with Crippen molar-refractivity contribution in [1.29, 1.82) is 0 Å². The molecular formula is C12H25NO3. The van der Waals surface area contributed by atoms with Gasteiger partial charge in [0.25, 0.3) is 0 Å². The van der Waals surface area contributed by atoms with Crippen molar-refractivity contribution in [3.63, 3.8) is 0 Å². The van der Waals surface area contributed by atoms with Gasteiger partial charge in [0.2, 0.25) is 0 Å². The first-order valence-electron chi connectivity index (χ1n) is 5.83. The topological polar surface area (TPSA) is 47.6 Å². The summed E-state index contributed by atoms with van der Waals surface area (Å²) in [7, 11) is 0. The number of rotatable bonds is 5. The lowest BCUT2D eigenvalue weighted by Crippen LogP contribution is -2.44. The lowest BCUT2D eigenvalue weighted by molar-refractivity contribution is 0.0416. The molecule has 0 saturated carbocycles. The first kappa shape index (κ1) is 15.2. The third-order valence-corrected chi connectivity index (χ3v) is 2.01. The van der Waals surface area contributed by atoms with E-state index in [9.17, 15) is 4.79 Å². The summed E-state index contributed by atoms with van der Waals surface area (Å²) in [5.41, 5.74) is -0.461. The van der Waals surface area contributed by atoms with Gasteiger partial charge in [0.05, 0.1) is 12.6 Å². The number of ether oxygens (including phenoxy) is 2. The van der Waals surface area contributed by atoms with E-state index in [1.165, 1.54) is 0 Å². The monoisotopic (exact) mass is 231 g/mol. The van der Waals surface area contributed by atoms with Crippen molar-refractivity contribution in [2.45, 2.75) is 53.2 Å². The van der Waals surface area contributed by atoms with Crippen LogP contribution in [0.15, 0.2) is 0 Å². The maximum absolute atomic E-state index is 11.5. The van der Waals surface area contributed by atoms with Gasteiger partial charge in [-0.25, -0.2) is 4.79 Å². The minimum Gasteiger partial charge on any atom is -0.444 e. The molecule has 0 aliphatic rings. The second-order valence-electron chi connectivity index (χ2n) is 5.16. The Morgan fingerprint density at radius 1 is 1.31 bits per heavy atom. The molecule has 1 N–H and O–H groups in total. The molecule has 16 heavy (non-hydrogen) atoms. The van der Waals surface area contributed by atoms with E-state index >= 15 is 0 Å². The standard InChI is InChI=1S/C12H25NO3/c1-7-15-8-10(9(2)3)13-11(14)16-12(4,5)6/h9-10H,7-8H2,1-6H3,(H,13,14)/t10-/m1/s1. The summed E-state index contributed by atoms with van der Waals surface area (Å²) in [6.45, 7) is 12.7. The highest BCUT2D eigenvalue weighted by atomic mass is 16.6. The molecule has 0 rings (SSSR count). The fraction of sp³-hybridized carbons (Fsp3) is 0.917. The van der Waals surface area contributed by atoms with Gasteiger partial charge in [0.1, 0.15) is 5.60 Å². The van der Waals surface area contributed by atoms with Gasteiger partial charge in [-0.3, -0.25) is 0 Å². The van der Waals surface area contributed by atoms with Crippen LogP contribution >= 0.6 is 0 Å². The van der Waals surface area contributed by atoms with Crippen LogP contribution in [-0.4, -0.2) is 30.9 Å². The minimum absolute atomic E-state index is 0.00481. The summed E-state index contributed by atoms with van der Waals surface area (Å²) in [5.74, 6) is 0.319. The summed E-state index contributed by atoms with van der Waals surface area (Å²) in [6, 6.07) is -0.00481. The van der Waals surface area contributed by atoms with Crippen molar-refractivity contribution in [3.05, 3.63) is 0 Å². The molecule has 1 atom stereocenters. The van der Waals surface area contributed by atoms with Crippen LogP contribution in [-0.2, 0) is 9.47 Å². The summed E-state index contributed by atoms with van der Waals surface area (Å²) >= 11 is 0. The first-order valence-corrected chi connectivity index (χ1v) is 5.83. The van der Waals surface area contributed by atoms with Crippen molar-refractivity contribution in [2.24, 2.45) is 5.92 Å². The maximum atomic E-state index is 11.5. The number of hydrogen-bond donors (Lipinski definition) is 1. The molecule has 0 bridgehead atoms. The van der Waals surface area contributed by atoms with Crippen molar-refractivity contribution >= 4 is 6.09 Å². The lowest BCUT2D eigenvalue weighted by Gasteiger charge is -2.25. The van der Waals surface area contributed by atoms with Gasteiger partial charge in [-0.1, -0.05) is 13.8 Å². The summed E-state index contributed by atoms with van der Waals surface area (Å²) in [5, 5.41) is 2.82. The third kappa shape index (κ3) is 7.51. The summed E-state index contributed by atoms with van der Waals surface area (Å²) in [6.07, 6.45) is -0.383. The summed E-state index contributed by atoms with van der Waals surface area (Å²) in [4.78, 5) is 11.5. The zero-order valence-electron chi connectivity index (χ0n) is 11.3. The molecule has 4 heteroatoms. The molecule has 0 unspecified atom stereocenters. The number of carbonyl (C=O) groups is 1. The Hall–Kier alpha value is -0.770. The molecule has 0 spiro atoms. The molecule has 0 aliphatic heterocycles. The van der Waals surface area contributed by atoms with Gasteiger partial charge in [0.15, 0.2) is 0 Å². The van der Waals surface area contributed by atoms with Gasteiger partial charge >= 0.3 is 6.09 Å². The highest BCUT2D eigenvalue weighted by Gasteiger charge is 2.21. The molecular weight excluding hydrogens is 206 g/mol. The average Bonchev–Trinajstić information content (AvgIpc) is 2.08. The predicted molar refractivity (Wildman–Crippen MR) is 64.5 cm³/mol. The lowest BCUT2D eigenvalue weighted by atomic mass is 10.1. The molecule has 0 radical (unpaired) electrons. The maximum Gasteiger partial charge on any atom is 0.407 e. The van der Waals surface area contributed by atoms with E-state index in [0.717, 1.165) is 0 Å². The fourth-order valence-corrected chi connectivity index (χ4v) is 1.10. The largest absolute Gasteiger partial charge is 0.444 e. The van der Waals surface area contributed by atoms with E-state index in [0.29, 0.717) is 19.1 Å². The van der Waals surface area contributed by atoms with E-state index < -0.39 is 5.60 Å². The SMILES string of the molecule is CCOC[C@@H](NC(=O)OC(C)(C)C)C(C)C. The van der Waals surface area contributed by atoms with Crippen LogP contribution < -0.4 is 5.32 Å². The Labute approximate surface area is 98.7 Å². The molecule has 4 nitrogen and oxygen atoms in total. The predicted octanol–water partition coefficient (Wildman–Crippen LogP) is 2.57. The number of carbonyl (C=O) groups excluding carboxylic acids is 1. The van der Waals surface area contributed by atoms with Crippen molar-refractivity contribution in [1.82, 2.24) is 5.32 Å². The highest BCUT2D eigenvalue weighted by molar-refractivity contribution is 5.68. The van der Waals surface area contributed by atoms with E-state index in [-0.39, 0.29) is 12.1 Å². The van der Waals surface area contributed by atoms with Gasteiger partial charge in [0, 0.05) is 6.61 Å². The van der Waals surface area contributed by atoms with Gasteiger partial charge in [-0.2, -0.15) is 0 Å². The van der Waals surface area contributed by atoms with Crippen LogP contribution in [0.3, 0.4) is 0 Å². The van der Waals surface area contributed by atoms with E-state index in [2.05, 4.69) is 5.32 Å². The van der Waals surface area contributed by atoms with E-state index in [1.54, 1.807) is 0 Å². The molecule has 0 fully saturated rings. The Bertz CT molecular complexity index is 209. The van der Waals surface area contributed by atoms with E-state index in [1.807, 2.05) is 41.5 Å². The van der Waals surface area contributed by atoms with Gasteiger partial charge < -0.3 is 14.8 Å². The Morgan fingerprint density at radius 3 is 2.25 bits per heavy atom. The van der Waals surface area contributed by atoms with Crippen LogP contribution in [0.4, 0.5) is 4.79 Å². The zero-order valence-corrected chi connectivity index (χ0v) is 11.3. The smallest absolute Gasteiger partial charge is 0.407 e. The van der Waals surface area contributed by atoms with Crippen LogP contribution in [0, 0.1) is 5.92 Å². The second-order valence-corrected chi connectivity index (χ2v) is 5.16. The molecule has 0 aromatic rings. The zero-order chi connectivity index (χ0) is 12.8. The number of hydrogen-bond acceptors (Lipinski definition) is 3. The van der Waals surface area contributed by atoms with Gasteiger partial charge in [-0.15, -0.1) is 0 Å². The molecule has 0 heterocycles. The van der Waals surface area contributed by atoms with Crippen LogP contribution in [0.2, 0.25) is 0 Å². The number of amides is 1. The second kappa shape index (κ2) is 6.74. The molecule has 0 aliphatic carbocycles. The summed E-state index contributed by atoms with van der Waals surface area (Å²) < 4.78 is 10.5. The van der Waals surface area contributed by atoms with Gasteiger partial charge in [-0.05, 0) is 33.6 Å². The van der Waals surface area contributed by atoms with Crippen molar-refractivity contribution < 1.29 is 14.3 Å². The number of nitrogens with one attached hydrogen (secondary N) is 1. The van der Waals surface area contributed by atoms with Crippen LogP contribution in [0.25, 0.3) is 0 Å². The average molecular weight is 231 g/mol. The minimum atomic E-state index is -0.461. The molecule has 0 aromatic carbocycles. The van der Waals surface area contributed by atoms with Crippen molar-refractivity contribution in [2.75, 3.05) is 13.2 Å². The van der Waals surface area contributed by atoms with Crippen LogP contribution in [0.5, 0.6) is 0 Å². The van der Waals surface area contributed by atoms with Crippen LogP contribution in [0.1, 0.15) is 41.5 Å². The quantitative estimate of drug-likeness (QED) is 0.791. The van der Waals surface area contributed by atoms with Crippen molar-refractivity contribution in [3.8, 4) is 0 Å². The fourth-order valence-electron chi connectivity index (χ4n) is 1.10. The Morgan fingerprint density at radius 2 is 1.88 bits per heavy atom. The molecule has 0 saturated heterocycles. The Kier molecular flexibility index (Phi) is 6.41. The normalized spacial score (nSPS) is 13.7. The molecule has 1 amide bonds. The number of alkyl carbamates (subject to hydrolysis) is 1. The molecule has 0 aromatic heterocycles. The van der Waals surface area contributed by atoms with E-state index in [4.69, 9.17) is 9.47 Å². The molecule has 96 valence electrons. The Balaban J connectivity index is 4.13.